The lowest BCUT2D eigenvalue weighted by atomic mass is 10.1. The van der Waals surface area contributed by atoms with E-state index < -0.39 is 6.04 Å². The third-order valence-electron chi connectivity index (χ3n) is 4.54. The summed E-state index contributed by atoms with van der Waals surface area (Å²) in [5.74, 6) is 0.710. The van der Waals surface area contributed by atoms with Crippen molar-refractivity contribution in [1.82, 2.24) is 15.5 Å². The standard InChI is InChI=1S/C19H25N3O3/c1-25-17-7-3-2-5-14(17)6-4-11-22-12-10-20-19(24)16(22)13-18(23)21-15-8-9-15/h2-7,15-16H,8-13H2,1H3,(H,20,24)(H,21,23). The van der Waals surface area contributed by atoms with Gasteiger partial charge in [0.1, 0.15) is 5.75 Å². The van der Waals surface area contributed by atoms with Crippen LogP contribution < -0.4 is 15.4 Å². The molecule has 2 fully saturated rings. The molecule has 1 saturated heterocycles. The SMILES string of the molecule is COc1ccccc1C=CCN1CCNC(=O)C1CC(=O)NC1CC1. The number of nitrogens with zero attached hydrogens (tertiary/aromatic N) is 1. The molecule has 1 aliphatic heterocycles. The summed E-state index contributed by atoms with van der Waals surface area (Å²) in [7, 11) is 1.65. The maximum atomic E-state index is 12.2. The van der Waals surface area contributed by atoms with Crippen LogP contribution in [0.25, 0.3) is 6.08 Å². The lowest BCUT2D eigenvalue weighted by Gasteiger charge is -2.33. The van der Waals surface area contributed by atoms with Gasteiger partial charge in [-0.05, 0) is 18.9 Å². The largest absolute Gasteiger partial charge is 0.496 e. The molecular weight excluding hydrogens is 318 g/mol. The summed E-state index contributed by atoms with van der Waals surface area (Å²) in [5, 5.41) is 5.82. The van der Waals surface area contributed by atoms with Crippen LogP contribution in [0.4, 0.5) is 0 Å². The Morgan fingerprint density at radius 3 is 2.96 bits per heavy atom. The van der Waals surface area contributed by atoms with Gasteiger partial charge in [0.25, 0.3) is 0 Å². The van der Waals surface area contributed by atoms with Crippen LogP contribution in [0.2, 0.25) is 0 Å². The van der Waals surface area contributed by atoms with E-state index in [1.54, 1.807) is 7.11 Å². The van der Waals surface area contributed by atoms with Gasteiger partial charge in [-0.25, -0.2) is 0 Å². The average Bonchev–Trinajstić information content (AvgIpc) is 3.42. The first-order valence-corrected chi connectivity index (χ1v) is 8.78. The second-order valence-corrected chi connectivity index (χ2v) is 6.49. The van der Waals surface area contributed by atoms with Crippen molar-refractivity contribution in [2.24, 2.45) is 0 Å². The molecule has 1 saturated carbocycles. The number of hydrogen-bond donors (Lipinski definition) is 2. The number of methoxy groups -OCH3 is 1. The van der Waals surface area contributed by atoms with Crippen molar-refractivity contribution < 1.29 is 14.3 Å². The van der Waals surface area contributed by atoms with Crippen molar-refractivity contribution in [3.05, 3.63) is 35.9 Å². The Morgan fingerprint density at radius 2 is 2.20 bits per heavy atom. The Balaban J connectivity index is 1.60. The lowest BCUT2D eigenvalue weighted by molar-refractivity contribution is -0.133. The van der Waals surface area contributed by atoms with E-state index in [0.29, 0.717) is 19.1 Å². The van der Waals surface area contributed by atoms with E-state index in [2.05, 4.69) is 15.5 Å². The van der Waals surface area contributed by atoms with Gasteiger partial charge in [0.2, 0.25) is 11.8 Å². The fourth-order valence-corrected chi connectivity index (χ4v) is 3.01. The van der Waals surface area contributed by atoms with E-state index >= 15 is 0 Å². The molecule has 0 bridgehead atoms. The van der Waals surface area contributed by atoms with Crippen LogP contribution in [0.1, 0.15) is 24.8 Å². The monoisotopic (exact) mass is 343 g/mol. The molecule has 134 valence electrons. The number of rotatable bonds is 7. The van der Waals surface area contributed by atoms with Crippen molar-refractivity contribution in [1.29, 1.82) is 0 Å². The number of benzene rings is 1. The fraction of sp³-hybridized carbons (Fsp3) is 0.474. The molecule has 2 amide bonds. The van der Waals surface area contributed by atoms with Crippen LogP contribution in [0, 0.1) is 0 Å². The number of hydrogen-bond acceptors (Lipinski definition) is 4. The molecule has 1 heterocycles. The molecule has 6 nitrogen and oxygen atoms in total. The quantitative estimate of drug-likeness (QED) is 0.780. The summed E-state index contributed by atoms with van der Waals surface area (Å²) >= 11 is 0. The molecule has 3 rings (SSSR count). The molecule has 0 aromatic heterocycles. The second-order valence-electron chi connectivity index (χ2n) is 6.49. The van der Waals surface area contributed by atoms with Crippen molar-refractivity contribution in [2.45, 2.75) is 31.3 Å². The zero-order valence-electron chi connectivity index (χ0n) is 14.5. The zero-order chi connectivity index (χ0) is 17.6. The van der Waals surface area contributed by atoms with Gasteiger partial charge in [0.15, 0.2) is 0 Å². The van der Waals surface area contributed by atoms with Gasteiger partial charge in [-0.2, -0.15) is 0 Å². The summed E-state index contributed by atoms with van der Waals surface area (Å²) in [6.07, 6.45) is 6.32. The highest BCUT2D eigenvalue weighted by molar-refractivity contribution is 5.89. The van der Waals surface area contributed by atoms with Crippen LogP contribution in [0.5, 0.6) is 5.75 Å². The molecule has 1 unspecified atom stereocenters. The van der Waals surface area contributed by atoms with Gasteiger partial charge in [-0.15, -0.1) is 0 Å². The van der Waals surface area contributed by atoms with Gasteiger partial charge < -0.3 is 15.4 Å². The minimum atomic E-state index is -0.408. The van der Waals surface area contributed by atoms with E-state index in [4.69, 9.17) is 4.74 Å². The lowest BCUT2D eigenvalue weighted by Crippen LogP contribution is -2.56. The van der Waals surface area contributed by atoms with E-state index in [0.717, 1.165) is 30.7 Å². The number of carbonyl (C=O) groups is 2. The maximum absolute atomic E-state index is 12.2. The summed E-state index contributed by atoms with van der Waals surface area (Å²) in [6.45, 7) is 1.97. The van der Waals surface area contributed by atoms with Crippen LogP contribution in [-0.4, -0.2) is 55.5 Å². The highest BCUT2D eigenvalue weighted by Gasteiger charge is 2.32. The Morgan fingerprint density at radius 1 is 1.40 bits per heavy atom. The van der Waals surface area contributed by atoms with Gasteiger partial charge >= 0.3 is 0 Å². The van der Waals surface area contributed by atoms with Crippen LogP contribution >= 0.6 is 0 Å². The zero-order valence-corrected chi connectivity index (χ0v) is 14.5. The smallest absolute Gasteiger partial charge is 0.237 e. The first kappa shape index (κ1) is 17.5. The Labute approximate surface area is 148 Å². The van der Waals surface area contributed by atoms with E-state index in [9.17, 15) is 9.59 Å². The minimum Gasteiger partial charge on any atom is -0.496 e. The van der Waals surface area contributed by atoms with E-state index in [1.165, 1.54) is 0 Å². The molecule has 1 aromatic carbocycles. The van der Waals surface area contributed by atoms with Crippen LogP contribution in [-0.2, 0) is 9.59 Å². The predicted octanol–water partition coefficient (Wildman–Crippen LogP) is 1.18. The molecule has 6 heteroatoms. The molecule has 0 radical (unpaired) electrons. The van der Waals surface area contributed by atoms with Crippen LogP contribution in [0.15, 0.2) is 30.3 Å². The van der Waals surface area contributed by atoms with Gasteiger partial charge in [-0.3, -0.25) is 14.5 Å². The van der Waals surface area contributed by atoms with Crippen LogP contribution in [0.3, 0.4) is 0 Å². The molecule has 25 heavy (non-hydrogen) atoms. The number of piperazine rings is 1. The van der Waals surface area contributed by atoms with Gasteiger partial charge in [-0.1, -0.05) is 30.4 Å². The summed E-state index contributed by atoms with van der Waals surface area (Å²) < 4.78 is 5.34. The predicted molar refractivity (Wildman–Crippen MR) is 96.2 cm³/mol. The van der Waals surface area contributed by atoms with E-state index in [-0.39, 0.29) is 18.2 Å². The molecule has 0 spiro atoms. The second kappa shape index (κ2) is 8.16. The molecule has 1 atom stereocenters. The van der Waals surface area contributed by atoms with Crippen molar-refractivity contribution in [3.63, 3.8) is 0 Å². The minimum absolute atomic E-state index is 0.0386. The third-order valence-corrected chi connectivity index (χ3v) is 4.54. The topological polar surface area (TPSA) is 70.7 Å². The first-order valence-electron chi connectivity index (χ1n) is 8.78. The third kappa shape index (κ3) is 4.82. The molecule has 2 aliphatic rings. The number of carbonyl (C=O) groups excluding carboxylic acids is 2. The van der Waals surface area contributed by atoms with Gasteiger partial charge in [0, 0.05) is 31.2 Å². The Bertz CT molecular complexity index is 655. The van der Waals surface area contributed by atoms with Crippen molar-refractivity contribution in [3.8, 4) is 5.75 Å². The summed E-state index contributed by atoms with van der Waals surface area (Å²) in [4.78, 5) is 26.3. The molecular formula is C19H25N3O3. The molecule has 1 aliphatic carbocycles. The van der Waals surface area contributed by atoms with Gasteiger partial charge in [0.05, 0.1) is 19.6 Å². The molecule has 1 aromatic rings. The first-order chi connectivity index (χ1) is 12.2. The number of amides is 2. The van der Waals surface area contributed by atoms with Crippen molar-refractivity contribution >= 4 is 17.9 Å². The number of para-hydroxylation sites is 1. The Kier molecular flexibility index (Phi) is 5.71. The fourth-order valence-electron chi connectivity index (χ4n) is 3.01. The highest BCUT2D eigenvalue weighted by atomic mass is 16.5. The number of nitrogens with one attached hydrogen (secondary N) is 2. The highest BCUT2D eigenvalue weighted by Crippen LogP contribution is 2.20. The van der Waals surface area contributed by atoms with E-state index in [1.807, 2.05) is 36.4 Å². The normalized spacial score (nSPS) is 21.2. The average molecular weight is 343 g/mol. The number of ether oxygens (including phenoxy) is 1. The molecule has 2 N–H and O–H groups in total. The maximum Gasteiger partial charge on any atom is 0.237 e. The Hall–Kier alpha value is -2.34. The summed E-state index contributed by atoms with van der Waals surface area (Å²) in [6, 6.07) is 7.70. The van der Waals surface area contributed by atoms with Crippen molar-refractivity contribution in [2.75, 3.05) is 26.7 Å². The summed E-state index contributed by atoms with van der Waals surface area (Å²) in [5.41, 5.74) is 0.995.